The predicted molar refractivity (Wildman–Crippen MR) is 119 cm³/mol. The molecule has 0 amide bonds. The Labute approximate surface area is 183 Å². The highest BCUT2D eigenvalue weighted by Gasteiger charge is 2.27. The van der Waals surface area contributed by atoms with Gasteiger partial charge in [-0.15, -0.1) is 0 Å². The monoisotopic (exact) mass is 428 g/mol. The van der Waals surface area contributed by atoms with Crippen molar-refractivity contribution in [1.82, 2.24) is 14.9 Å². The second-order valence-electron chi connectivity index (χ2n) is 8.36. The normalized spacial score (nSPS) is 21.6. The molecule has 1 aromatic heterocycles. The number of methoxy groups -OCH3 is 1. The third kappa shape index (κ3) is 4.85. The number of fused-ring (bicyclic) bond motifs is 1. The molecule has 3 heterocycles. The Kier molecular flexibility index (Phi) is 6.48. The van der Waals surface area contributed by atoms with Crippen molar-refractivity contribution in [2.75, 3.05) is 38.3 Å². The number of hydrogen-bond acceptors (Lipinski definition) is 7. The molecule has 1 N–H and O–H groups in total. The van der Waals surface area contributed by atoms with Gasteiger partial charge in [0.05, 0.1) is 31.6 Å². The topological polar surface area (TPSA) is 79.9 Å². The van der Waals surface area contributed by atoms with Crippen molar-refractivity contribution < 1.29 is 14.2 Å². The van der Waals surface area contributed by atoms with E-state index in [1.54, 1.807) is 7.11 Å². The minimum absolute atomic E-state index is 0.0190. The summed E-state index contributed by atoms with van der Waals surface area (Å²) in [5.74, 6) is 2.14. The van der Waals surface area contributed by atoms with Gasteiger partial charge in [-0.05, 0) is 44.9 Å². The number of H-pyrrole nitrogens is 1. The molecule has 4 rings (SSSR count). The van der Waals surface area contributed by atoms with Crippen molar-refractivity contribution in [2.24, 2.45) is 0 Å². The maximum atomic E-state index is 12.7. The zero-order valence-electron chi connectivity index (χ0n) is 18.8. The van der Waals surface area contributed by atoms with E-state index in [2.05, 4.69) is 20.9 Å². The molecular weight excluding hydrogens is 396 g/mol. The SMILES string of the molecule is CCOc1cc(CN2CCc3c(nc(N4C[C@@H](C)O[C@H](C)C4)[nH]c3=O)C2)ccc1OC. The van der Waals surface area contributed by atoms with Crippen molar-refractivity contribution in [3.8, 4) is 11.5 Å². The Morgan fingerprint density at radius 2 is 2.00 bits per heavy atom. The zero-order chi connectivity index (χ0) is 22.0. The van der Waals surface area contributed by atoms with Crippen molar-refractivity contribution in [3.63, 3.8) is 0 Å². The number of ether oxygens (including phenoxy) is 3. The minimum Gasteiger partial charge on any atom is -0.493 e. The van der Waals surface area contributed by atoms with E-state index >= 15 is 0 Å². The highest BCUT2D eigenvalue weighted by atomic mass is 16.5. The van der Waals surface area contributed by atoms with Gasteiger partial charge in [-0.3, -0.25) is 14.7 Å². The Hall–Kier alpha value is -2.58. The van der Waals surface area contributed by atoms with Gasteiger partial charge in [0.15, 0.2) is 11.5 Å². The van der Waals surface area contributed by atoms with E-state index in [0.29, 0.717) is 25.5 Å². The van der Waals surface area contributed by atoms with Gasteiger partial charge in [0, 0.05) is 38.3 Å². The Balaban J connectivity index is 1.52. The molecule has 1 fully saturated rings. The second-order valence-corrected chi connectivity index (χ2v) is 8.36. The summed E-state index contributed by atoms with van der Waals surface area (Å²) in [7, 11) is 1.65. The third-order valence-corrected chi connectivity index (χ3v) is 5.79. The largest absolute Gasteiger partial charge is 0.493 e. The molecule has 1 aromatic carbocycles. The zero-order valence-corrected chi connectivity index (χ0v) is 18.8. The number of hydrogen-bond donors (Lipinski definition) is 1. The van der Waals surface area contributed by atoms with Crippen molar-refractivity contribution in [3.05, 3.63) is 45.4 Å². The maximum absolute atomic E-state index is 12.7. The molecule has 31 heavy (non-hydrogen) atoms. The van der Waals surface area contributed by atoms with Gasteiger partial charge in [0.25, 0.3) is 5.56 Å². The van der Waals surface area contributed by atoms with Crippen LogP contribution in [-0.4, -0.2) is 60.4 Å². The van der Waals surface area contributed by atoms with E-state index in [1.165, 1.54) is 0 Å². The van der Waals surface area contributed by atoms with E-state index in [9.17, 15) is 4.79 Å². The molecule has 0 bridgehead atoms. The quantitative estimate of drug-likeness (QED) is 0.757. The van der Waals surface area contributed by atoms with Crippen LogP contribution in [0.15, 0.2) is 23.0 Å². The van der Waals surface area contributed by atoms with Crippen LogP contribution in [0, 0.1) is 0 Å². The number of rotatable bonds is 6. The van der Waals surface area contributed by atoms with Crippen molar-refractivity contribution in [2.45, 2.75) is 52.5 Å². The Bertz CT molecular complexity index is 967. The standard InChI is InChI=1S/C23H32N4O4/c1-5-30-21-10-17(6-7-20(21)29-4)13-26-9-8-18-19(14-26)24-23(25-22(18)28)27-11-15(2)31-16(3)12-27/h6-7,10,15-16H,5,8-9,11-14H2,1-4H3,(H,24,25,28)/t15-,16-/m1/s1. The van der Waals surface area contributed by atoms with Crippen molar-refractivity contribution in [1.29, 1.82) is 0 Å². The lowest BCUT2D eigenvalue weighted by Gasteiger charge is -2.36. The van der Waals surface area contributed by atoms with Crippen LogP contribution in [0.5, 0.6) is 11.5 Å². The van der Waals surface area contributed by atoms with Crippen molar-refractivity contribution >= 4 is 5.95 Å². The van der Waals surface area contributed by atoms with Crippen LogP contribution < -0.4 is 19.9 Å². The minimum atomic E-state index is -0.0190. The van der Waals surface area contributed by atoms with E-state index in [0.717, 1.165) is 54.5 Å². The molecule has 0 aliphatic carbocycles. The molecule has 8 heteroatoms. The first kappa shape index (κ1) is 21.6. The summed E-state index contributed by atoms with van der Waals surface area (Å²) >= 11 is 0. The molecule has 0 unspecified atom stereocenters. The summed E-state index contributed by atoms with van der Waals surface area (Å²) < 4.78 is 16.9. The molecule has 2 aliphatic rings. The van der Waals surface area contributed by atoms with Crippen LogP contribution in [0.4, 0.5) is 5.95 Å². The molecule has 2 aliphatic heterocycles. The molecular formula is C23H32N4O4. The summed E-state index contributed by atoms with van der Waals surface area (Å²) in [6.45, 7) is 10.3. The van der Waals surface area contributed by atoms with Crippen LogP contribution >= 0.6 is 0 Å². The average molecular weight is 429 g/mol. The number of morpholine rings is 1. The molecule has 1 saturated heterocycles. The fraction of sp³-hybridized carbons (Fsp3) is 0.565. The van der Waals surface area contributed by atoms with Crippen LogP contribution in [0.25, 0.3) is 0 Å². The summed E-state index contributed by atoms with van der Waals surface area (Å²) in [6.07, 6.45) is 0.912. The molecule has 2 aromatic rings. The first-order chi connectivity index (χ1) is 15.0. The smallest absolute Gasteiger partial charge is 0.255 e. The van der Waals surface area contributed by atoms with Crippen LogP contribution in [-0.2, 0) is 24.2 Å². The molecule has 8 nitrogen and oxygen atoms in total. The van der Waals surface area contributed by atoms with Gasteiger partial charge >= 0.3 is 0 Å². The van der Waals surface area contributed by atoms with Crippen LogP contribution in [0.2, 0.25) is 0 Å². The van der Waals surface area contributed by atoms with Gasteiger partial charge in [-0.2, -0.15) is 0 Å². The Morgan fingerprint density at radius 1 is 1.23 bits per heavy atom. The van der Waals surface area contributed by atoms with Crippen LogP contribution in [0.1, 0.15) is 37.6 Å². The first-order valence-electron chi connectivity index (χ1n) is 11.0. The number of nitrogens with one attached hydrogen (secondary N) is 1. The van der Waals surface area contributed by atoms with E-state index < -0.39 is 0 Å². The number of anilines is 1. The molecule has 0 radical (unpaired) electrons. The molecule has 0 spiro atoms. The lowest BCUT2D eigenvalue weighted by Crippen LogP contribution is -2.47. The lowest BCUT2D eigenvalue weighted by atomic mass is 10.1. The fourth-order valence-electron chi connectivity index (χ4n) is 4.46. The van der Waals surface area contributed by atoms with E-state index in [4.69, 9.17) is 19.2 Å². The number of nitrogens with zero attached hydrogens (tertiary/aromatic N) is 3. The van der Waals surface area contributed by atoms with E-state index in [-0.39, 0.29) is 17.8 Å². The van der Waals surface area contributed by atoms with Gasteiger partial charge < -0.3 is 19.1 Å². The number of aromatic nitrogens is 2. The van der Waals surface area contributed by atoms with Gasteiger partial charge in [-0.1, -0.05) is 6.07 Å². The van der Waals surface area contributed by atoms with E-state index in [1.807, 2.05) is 32.9 Å². The molecule has 2 atom stereocenters. The summed E-state index contributed by atoms with van der Waals surface area (Å²) in [5.41, 5.74) is 2.80. The summed E-state index contributed by atoms with van der Waals surface area (Å²) in [5, 5.41) is 0. The summed E-state index contributed by atoms with van der Waals surface area (Å²) in [6, 6.07) is 6.04. The van der Waals surface area contributed by atoms with Gasteiger partial charge in [-0.25, -0.2) is 4.98 Å². The molecule has 0 saturated carbocycles. The van der Waals surface area contributed by atoms with Gasteiger partial charge in [0.1, 0.15) is 0 Å². The highest BCUT2D eigenvalue weighted by molar-refractivity contribution is 5.43. The summed E-state index contributed by atoms with van der Waals surface area (Å²) in [4.78, 5) is 25.0. The number of aromatic amines is 1. The number of benzene rings is 1. The first-order valence-corrected chi connectivity index (χ1v) is 11.0. The Morgan fingerprint density at radius 3 is 2.71 bits per heavy atom. The molecule has 168 valence electrons. The highest BCUT2D eigenvalue weighted by Crippen LogP contribution is 2.29. The maximum Gasteiger partial charge on any atom is 0.255 e. The second kappa shape index (κ2) is 9.28. The van der Waals surface area contributed by atoms with Gasteiger partial charge in [0.2, 0.25) is 5.95 Å². The third-order valence-electron chi connectivity index (χ3n) is 5.79. The average Bonchev–Trinajstić information content (AvgIpc) is 2.73. The predicted octanol–water partition coefficient (Wildman–Crippen LogP) is 2.35. The van der Waals surface area contributed by atoms with Crippen LogP contribution in [0.3, 0.4) is 0 Å². The fourth-order valence-corrected chi connectivity index (χ4v) is 4.46. The lowest BCUT2D eigenvalue weighted by molar-refractivity contribution is -0.00576.